The Morgan fingerprint density at radius 1 is 1.00 bits per heavy atom. The molecule has 2 aromatic heterocycles. The summed E-state index contributed by atoms with van der Waals surface area (Å²) >= 11 is 0. The Morgan fingerprint density at radius 2 is 1.83 bits per heavy atom. The number of nitrogens with one attached hydrogen (secondary N) is 1. The van der Waals surface area contributed by atoms with Gasteiger partial charge in [0, 0.05) is 54.1 Å². The van der Waals surface area contributed by atoms with Gasteiger partial charge in [-0.15, -0.1) is 0 Å². The maximum Gasteiger partial charge on any atom is 0.251 e. The summed E-state index contributed by atoms with van der Waals surface area (Å²) in [6.07, 6.45) is 3.37. The standard InChI is InChI=1S/C32H29N3O6/c1-37-28-13-19(32(36)35-30-24-16-39-17-25(24)30)2-4-23(28)29-14-26-31(41-29)22(6-9-34-26)18-3-5-27(20(12-18)15-33)40-21-7-10-38-11-8-21/h2-6,9,12-14,21,24-25,30H,7-8,10-11,16-17H2,1H3,(H,35,36)/t24-,25?,30?/m0/s1. The molecule has 0 spiro atoms. The number of rotatable bonds is 7. The summed E-state index contributed by atoms with van der Waals surface area (Å²) in [5, 5.41) is 13.0. The molecule has 4 aromatic rings. The zero-order valence-electron chi connectivity index (χ0n) is 22.6. The van der Waals surface area contributed by atoms with Crippen LogP contribution in [0, 0.1) is 23.2 Å². The first-order valence-corrected chi connectivity index (χ1v) is 13.9. The van der Waals surface area contributed by atoms with Gasteiger partial charge in [0.05, 0.1) is 44.7 Å². The van der Waals surface area contributed by atoms with Crippen molar-refractivity contribution in [3.8, 4) is 40.0 Å². The highest BCUT2D eigenvalue weighted by Crippen LogP contribution is 2.44. The summed E-state index contributed by atoms with van der Waals surface area (Å²) in [6.45, 7) is 2.76. The van der Waals surface area contributed by atoms with Gasteiger partial charge in [-0.1, -0.05) is 6.07 Å². The second-order valence-corrected chi connectivity index (χ2v) is 10.7. The van der Waals surface area contributed by atoms with Crippen LogP contribution in [0.25, 0.3) is 33.6 Å². The summed E-state index contributed by atoms with van der Waals surface area (Å²) in [5.74, 6) is 2.40. The molecule has 0 bridgehead atoms. The number of furan rings is 1. The van der Waals surface area contributed by atoms with Gasteiger partial charge in [0.1, 0.15) is 34.9 Å². The molecule has 41 heavy (non-hydrogen) atoms. The van der Waals surface area contributed by atoms with Crippen molar-refractivity contribution in [1.82, 2.24) is 10.3 Å². The first kappa shape index (κ1) is 25.6. The van der Waals surface area contributed by atoms with Crippen LogP contribution in [0.2, 0.25) is 0 Å². The van der Waals surface area contributed by atoms with Crippen molar-refractivity contribution >= 4 is 17.0 Å². The number of pyridine rings is 1. The molecule has 3 fully saturated rings. The lowest BCUT2D eigenvalue weighted by molar-refractivity contribution is 0.0254. The van der Waals surface area contributed by atoms with Gasteiger partial charge in [-0.2, -0.15) is 5.26 Å². The average Bonchev–Trinajstić information content (AvgIpc) is 3.35. The number of ether oxygens (including phenoxy) is 4. The van der Waals surface area contributed by atoms with Gasteiger partial charge in [0.2, 0.25) is 0 Å². The molecule has 1 saturated carbocycles. The first-order valence-electron chi connectivity index (χ1n) is 13.9. The normalized spacial score (nSPS) is 21.7. The Labute approximate surface area is 237 Å². The summed E-state index contributed by atoms with van der Waals surface area (Å²) in [4.78, 5) is 17.4. The molecule has 4 heterocycles. The second-order valence-electron chi connectivity index (χ2n) is 10.7. The molecular formula is C32H29N3O6. The lowest BCUT2D eigenvalue weighted by atomic mass is 10.0. The third kappa shape index (κ3) is 4.79. The van der Waals surface area contributed by atoms with E-state index in [4.69, 9.17) is 23.4 Å². The van der Waals surface area contributed by atoms with E-state index in [9.17, 15) is 10.1 Å². The number of nitriles is 1. The van der Waals surface area contributed by atoms with E-state index in [1.807, 2.05) is 36.4 Å². The maximum atomic E-state index is 12.9. The fourth-order valence-corrected chi connectivity index (χ4v) is 5.88. The van der Waals surface area contributed by atoms with Crippen LogP contribution in [0.3, 0.4) is 0 Å². The maximum absolute atomic E-state index is 12.9. The van der Waals surface area contributed by atoms with Gasteiger partial charge < -0.3 is 28.7 Å². The number of amides is 1. The minimum Gasteiger partial charge on any atom is -0.496 e. The number of nitrogens with zero attached hydrogens (tertiary/aromatic N) is 2. The summed E-state index contributed by atoms with van der Waals surface area (Å²) in [5.41, 5.74) is 4.60. The summed E-state index contributed by atoms with van der Waals surface area (Å²) < 4.78 is 29.0. The highest BCUT2D eigenvalue weighted by Gasteiger charge is 2.54. The molecule has 3 atom stereocenters. The SMILES string of the molecule is COc1cc(C(=O)NC2C3COC[C@@H]32)ccc1-c1cc2nccc(-c3ccc(OC4CCOCC4)c(C#N)c3)c2o1. The lowest BCUT2D eigenvalue weighted by Gasteiger charge is -2.23. The lowest BCUT2D eigenvalue weighted by Crippen LogP contribution is -2.29. The summed E-state index contributed by atoms with van der Waals surface area (Å²) in [7, 11) is 1.57. The number of benzene rings is 2. The topological polar surface area (TPSA) is 116 Å². The highest BCUT2D eigenvalue weighted by molar-refractivity contribution is 5.97. The second kappa shape index (κ2) is 10.5. The van der Waals surface area contributed by atoms with E-state index in [0.29, 0.717) is 83.3 Å². The molecule has 7 rings (SSSR count). The van der Waals surface area contributed by atoms with Crippen molar-refractivity contribution in [3.63, 3.8) is 0 Å². The molecule has 0 radical (unpaired) electrons. The molecule has 2 unspecified atom stereocenters. The van der Waals surface area contributed by atoms with Crippen LogP contribution >= 0.6 is 0 Å². The molecular weight excluding hydrogens is 522 g/mol. The van der Waals surface area contributed by atoms with Crippen molar-refractivity contribution < 1.29 is 28.2 Å². The number of hydrogen-bond acceptors (Lipinski definition) is 8. The average molecular weight is 552 g/mol. The molecule has 1 amide bonds. The van der Waals surface area contributed by atoms with Crippen molar-refractivity contribution in [2.45, 2.75) is 25.0 Å². The van der Waals surface area contributed by atoms with E-state index >= 15 is 0 Å². The number of aromatic nitrogens is 1. The van der Waals surface area contributed by atoms with Crippen molar-refractivity contribution in [3.05, 3.63) is 65.9 Å². The predicted molar refractivity (Wildman–Crippen MR) is 150 cm³/mol. The van der Waals surface area contributed by atoms with E-state index in [1.165, 1.54) is 0 Å². The number of fused-ring (bicyclic) bond motifs is 2. The Bertz CT molecular complexity index is 1660. The zero-order valence-corrected chi connectivity index (χ0v) is 22.6. The van der Waals surface area contributed by atoms with Gasteiger partial charge in [0.15, 0.2) is 5.58 Å². The molecule has 9 nitrogen and oxygen atoms in total. The molecule has 2 aliphatic heterocycles. The van der Waals surface area contributed by atoms with Crippen molar-refractivity contribution in [2.24, 2.45) is 11.8 Å². The molecule has 2 saturated heterocycles. The van der Waals surface area contributed by atoms with Crippen LogP contribution < -0.4 is 14.8 Å². The largest absolute Gasteiger partial charge is 0.496 e. The van der Waals surface area contributed by atoms with Crippen LogP contribution in [0.5, 0.6) is 11.5 Å². The Hall–Kier alpha value is -4.39. The van der Waals surface area contributed by atoms with Crippen LogP contribution in [0.15, 0.2) is 59.1 Å². The van der Waals surface area contributed by atoms with Crippen LogP contribution in [-0.2, 0) is 9.47 Å². The molecule has 2 aromatic carbocycles. The van der Waals surface area contributed by atoms with E-state index in [2.05, 4.69) is 16.4 Å². The number of carbonyl (C=O) groups excluding carboxylic acids is 1. The van der Waals surface area contributed by atoms with Crippen LogP contribution in [0.1, 0.15) is 28.8 Å². The fraction of sp³-hybridized carbons (Fsp3) is 0.344. The Morgan fingerprint density at radius 3 is 2.61 bits per heavy atom. The van der Waals surface area contributed by atoms with Gasteiger partial charge in [-0.3, -0.25) is 9.78 Å². The molecule has 1 N–H and O–H groups in total. The smallest absolute Gasteiger partial charge is 0.251 e. The summed E-state index contributed by atoms with van der Waals surface area (Å²) in [6, 6.07) is 17.1. The molecule has 3 aliphatic rings. The van der Waals surface area contributed by atoms with E-state index < -0.39 is 0 Å². The highest BCUT2D eigenvalue weighted by atomic mass is 16.5. The van der Waals surface area contributed by atoms with Crippen molar-refractivity contribution in [2.75, 3.05) is 33.5 Å². The minimum absolute atomic E-state index is 0.0392. The van der Waals surface area contributed by atoms with Crippen LogP contribution in [0.4, 0.5) is 0 Å². The van der Waals surface area contributed by atoms with Gasteiger partial charge in [-0.25, -0.2) is 0 Å². The van der Waals surface area contributed by atoms with E-state index in [-0.39, 0.29) is 18.1 Å². The van der Waals surface area contributed by atoms with E-state index in [0.717, 1.165) is 24.0 Å². The molecule has 208 valence electrons. The Kier molecular flexibility index (Phi) is 6.57. The van der Waals surface area contributed by atoms with Gasteiger partial charge in [-0.05, 0) is 42.0 Å². The zero-order chi connectivity index (χ0) is 27.9. The molecule has 1 aliphatic carbocycles. The van der Waals surface area contributed by atoms with Crippen LogP contribution in [-0.4, -0.2) is 56.6 Å². The predicted octanol–water partition coefficient (Wildman–Crippen LogP) is 4.97. The first-order chi connectivity index (χ1) is 20.1. The third-order valence-corrected chi connectivity index (χ3v) is 8.26. The van der Waals surface area contributed by atoms with Gasteiger partial charge in [0.25, 0.3) is 5.91 Å². The number of hydrogen-bond donors (Lipinski definition) is 1. The van der Waals surface area contributed by atoms with Gasteiger partial charge >= 0.3 is 0 Å². The number of methoxy groups -OCH3 is 1. The third-order valence-electron chi connectivity index (χ3n) is 8.26. The fourth-order valence-electron chi connectivity index (χ4n) is 5.88. The molecule has 9 heteroatoms. The minimum atomic E-state index is -0.125. The Balaban J connectivity index is 1.16. The monoisotopic (exact) mass is 551 g/mol. The van der Waals surface area contributed by atoms with E-state index in [1.54, 1.807) is 25.4 Å². The quantitative estimate of drug-likeness (QED) is 0.342. The number of carbonyl (C=O) groups is 1. The van der Waals surface area contributed by atoms with Crippen molar-refractivity contribution in [1.29, 1.82) is 5.26 Å².